The maximum absolute atomic E-state index is 5.64. The lowest BCUT2D eigenvalue weighted by Crippen LogP contribution is -2.23. The van der Waals surface area contributed by atoms with Crippen molar-refractivity contribution >= 4 is 33.9 Å². The Bertz CT molecular complexity index is 294. The van der Waals surface area contributed by atoms with Crippen molar-refractivity contribution in [2.24, 2.45) is 0 Å². The van der Waals surface area contributed by atoms with Gasteiger partial charge in [-0.3, -0.25) is 0 Å². The van der Waals surface area contributed by atoms with Gasteiger partial charge in [-0.15, -0.1) is 11.3 Å². The van der Waals surface area contributed by atoms with E-state index >= 15 is 0 Å². The summed E-state index contributed by atoms with van der Waals surface area (Å²) in [4.78, 5) is 4.43. The van der Waals surface area contributed by atoms with Gasteiger partial charge in [-0.05, 0) is 35.4 Å². The molecule has 2 rings (SSSR count). The summed E-state index contributed by atoms with van der Waals surface area (Å²) in [5.41, 5.74) is -0.0475. The third-order valence-corrected chi connectivity index (χ3v) is 4.58. The van der Waals surface area contributed by atoms with Gasteiger partial charge in [-0.1, -0.05) is 12.8 Å². The Labute approximate surface area is 95.9 Å². The van der Waals surface area contributed by atoms with Crippen molar-refractivity contribution < 1.29 is 4.74 Å². The molecule has 0 aliphatic heterocycles. The molecule has 1 aliphatic rings. The third-order valence-electron chi connectivity index (χ3n) is 2.67. The zero-order valence-electron chi connectivity index (χ0n) is 7.55. The minimum absolute atomic E-state index is 0.0475. The Balaban J connectivity index is 2.30. The maximum atomic E-state index is 5.64. The van der Waals surface area contributed by atoms with E-state index in [0.29, 0.717) is 0 Å². The zero-order valence-corrected chi connectivity index (χ0v) is 10.5. The van der Waals surface area contributed by atoms with Crippen LogP contribution in [0.15, 0.2) is 6.20 Å². The van der Waals surface area contributed by atoms with Crippen molar-refractivity contribution in [1.29, 1.82) is 0 Å². The smallest absolute Gasteiger partial charge is 0.126 e. The van der Waals surface area contributed by atoms with Crippen LogP contribution < -0.4 is 0 Å². The van der Waals surface area contributed by atoms with Crippen LogP contribution in [0.1, 0.15) is 30.7 Å². The minimum atomic E-state index is -0.0475. The molecule has 2 nitrogen and oxygen atoms in total. The van der Waals surface area contributed by atoms with E-state index in [4.69, 9.17) is 4.74 Å². The Morgan fingerprint density at radius 2 is 2.23 bits per heavy atom. The fourth-order valence-corrected chi connectivity index (χ4v) is 3.55. The Kier molecular flexibility index (Phi) is 2.90. The van der Waals surface area contributed by atoms with E-state index in [1.165, 1.54) is 15.7 Å². The number of nitrogens with zero attached hydrogens (tertiary/aromatic N) is 1. The van der Waals surface area contributed by atoms with Gasteiger partial charge in [0.15, 0.2) is 0 Å². The first kappa shape index (κ1) is 9.86. The van der Waals surface area contributed by atoms with Crippen LogP contribution >= 0.6 is 33.9 Å². The third kappa shape index (κ3) is 1.76. The first-order valence-electron chi connectivity index (χ1n) is 4.44. The van der Waals surface area contributed by atoms with Crippen LogP contribution in [0.3, 0.4) is 0 Å². The van der Waals surface area contributed by atoms with Crippen LogP contribution in [-0.2, 0) is 10.3 Å². The van der Waals surface area contributed by atoms with Crippen LogP contribution in [0.5, 0.6) is 0 Å². The van der Waals surface area contributed by atoms with Crippen molar-refractivity contribution in [3.05, 3.63) is 14.1 Å². The highest BCUT2D eigenvalue weighted by atomic mass is 127. The number of ether oxygens (including phenoxy) is 1. The van der Waals surface area contributed by atoms with Gasteiger partial charge in [0.25, 0.3) is 0 Å². The molecule has 0 spiro atoms. The van der Waals surface area contributed by atoms with Gasteiger partial charge in [0.2, 0.25) is 0 Å². The molecule has 0 radical (unpaired) electrons. The fourth-order valence-electron chi connectivity index (χ4n) is 1.92. The first-order valence-corrected chi connectivity index (χ1v) is 6.33. The highest BCUT2D eigenvalue weighted by molar-refractivity contribution is 14.1. The van der Waals surface area contributed by atoms with Gasteiger partial charge in [-0.2, -0.15) is 0 Å². The van der Waals surface area contributed by atoms with Crippen LogP contribution in [-0.4, -0.2) is 12.1 Å². The van der Waals surface area contributed by atoms with Gasteiger partial charge in [0, 0.05) is 7.11 Å². The molecule has 1 heterocycles. The van der Waals surface area contributed by atoms with Crippen LogP contribution in [0, 0.1) is 2.88 Å². The average molecular weight is 309 g/mol. The molecule has 13 heavy (non-hydrogen) atoms. The van der Waals surface area contributed by atoms with Crippen molar-refractivity contribution in [3.63, 3.8) is 0 Å². The van der Waals surface area contributed by atoms with Crippen LogP contribution in [0.25, 0.3) is 0 Å². The molecule has 0 saturated heterocycles. The summed E-state index contributed by atoms with van der Waals surface area (Å²) < 4.78 is 6.89. The molecule has 0 unspecified atom stereocenters. The molecule has 1 aromatic heterocycles. The van der Waals surface area contributed by atoms with E-state index in [1.54, 1.807) is 18.4 Å². The second-order valence-electron chi connectivity index (χ2n) is 3.38. The Morgan fingerprint density at radius 1 is 1.54 bits per heavy atom. The number of aromatic nitrogens is 1. The molecule has 1 aliphatic carbocycles. The number of thiazole rings is 1. The minimum Gasteiger partial charge on any atom is -0.371 e. The number of methoxy groups -OCH3 is 1. The lowest BCUT2D eigenvalue weighted by Gasteiger charge is -2.24. The van der Waals surface area contributed by atoms with Crippen LogP contribution in [0.2, 0.25) is 0 Å². The predicted molar refractivity (Wildman–Crippen MR) is 62.0 cm³/mol. The number of hydrogen-bond acceptors (Lipinski definition) is 3. The molecule has 4 heteroatoms. The molecule has 0 aromatic carbocycles. The summed E-state index contributed by atoms with van der Waals surface area (Å²) in [6.45, 7) is 0. The number of hydrogen-bond donors (Lipinski definition) is 0. The van der Waals surface area contributed by atoms with Crippen molar-refractivity contribution in [2.45, 2.75) is 31.3 Å². The van der Waals surface area contributed by atoms with E-state index in [0.717, 1.165) is 17.8 Å². The molecule has 0 amide bonds. The summed E-state index contributed by atoms with van der Waals surface area (Å²) in [6, 6.07) is 0. The van der Waals surface area contributed by atoms with Gasteiger partial charge < -0.3 is 4.74 Å². The molecule has 72 valence electrons. The second-order valence-corrected chi connectivity index (χ2v) is 6.30. The van der Waals surface area contributed by atoms with Crippen molar-refractivity contribution in [2.75, 3.05) is 7.11 Å². The molecular weight excluding hydrogens is 297 g/mol. The van der Waals surface area contributed by atoms with Gasteiger partial charge >= 0.3 is 0 Å². The zero-order chi connectivity index (χ0) is 9.31. The molecule has 0 N–H and O–H groups in total. The fraction of sp³-hybridized carbons (Fsp3) is 0.667. The Hall–Kier alpha value is 0.320. The summed E-state index contributed by atoms with van der Waals surface area (Å²) in [6.07, 6.45) is 6.73. The lowest BCUT2D eigenvalue weighted by molar-refractivity contribution is -0.00885. The topological polar surface area (TPSA) is 22.1 Å². The summed E-state index contributed by atoms with van der Waals surface area (Å²) in [5.74, 6) is 0. The summed E-state index contributed by atoms with van der Waals surface area (Å²) in [5, 5.41) is 1.16. The van der Waals surface area contributed by atoms with E-state index in [-0.39, 0.29) is 5.60 Å². The summed E-state index contributed by atoms with van der Waals surface area (Å²) in [7, 11) is 1.81. The van der Waals surface area contributed by atoms with Gasteiger partial charge in [0.05, 0.1) is 9.08 Å². The molecular formula is C9H12INOS. The SMILES string of the molecule is COC1(c2ncc(I)s2)CCCC1. The van der Waals surface area contributed by atoms with Gasteiger partial charge in [-0.25, -0.2) is 4.98 Å². The molecule has 1 fully saturated rings. The molecule has 1 saturated carbocycles. The van der Waals surface area contributed by atoms with E-state index < -0.39 is 0 Å². The number of rotatable bonds is 2. The number of halogens is 1. The largest absolute Gasteiger partial charge is 0.371 e. The Morgan fingerprint density at radius 3 is 2.69 bits per heavy atom. The second kappa shape index (κ2) is 3.82. The highest BCUT2D eigenvalue weighted by Gasteiger charge is 2.38. The van der Waals surface area contributed by atoms with Crippen LogP contribution in [0.4, 0.5) is 0 Å². The predicted octanol–water partition coefficient (Wildman–Crippen LogP) is 3.16. The maximum Gasteiger partial charge on any atom is 0.126 e. The molecule has 1 aromatic rings. The average Bonchev–Trinajstić information content (AvgIpc) is 2.73. The summed E-state index contributed by atoms with van der Waals surface area (Å²) >= 11 is 4.07. The van der Waals surface area contributed by atoms with E-state index in [2.05, 4.69) is 27.6 Å². The first-order chi connectivity index (χ1) is 6.27. The standard InChI is InChI=1S/C9H12INOS/c1-12-9(4-2-3-5-9)8-11-6-7(10)13-8/h6H,2-5H2,1H3. The normalized spacial score (nSPS) is 20.8. The van der Waals surface area contributed by atoms with E-state index in [9.17, 15) is 0 Å². The molecule has 0 bridgehead atoms. The quantitative estimate of drug-likeness (QED) is 0.783. The lowest BCUT2D eigenvalue weighted by atomic mass is 10.0. The highest BCUT2D eigenvalue weighted by Crippen LogP contribution is 2.43. The monoisotopic (exact) mass is 309 g/mol. The van der Waals surface area contributed by atoms with Crippen molar-refractivity contribution in [3.8, 4) is 0 Å². The van der Waals surface area contributed by atoms with Crippen molar-refractivity contribution in [1.82, 2.24) is 4.98 Å². The molecule has 0 atom stereocenters. The van der Waals surface area contributed by atoms with Gasteiger partial charge in [0.1, 0.15) is 10.6 Å². The van der Waals surface area contributed by atoms with E-state index in [1.807, 2.05) is 6.20 Å².